The topological polar surface area (TPSA) is 69.7 Å². The molecule has 0 unspecified atom stereocenters. The molecule has 8 heteroatoms. The number of hydrogen-bond donors (Lipinski definition) is 1. The Morgan fingerprint density at radius 1 is 1.23 bits per heavy atom. The summed E-state index contributed by atoms with van der Waals surface area (Å²) in [5, 5.41) is 3.00. The van der Waals surface area contributed by atoms with Crippen LogP contribution in [-0.2, 0) is 20.8 Å². The van der Waals surface area contributed by atoms with Crippen LogP contribution in [0.15, 0.2) is 30.3 Å². The highest BCUT2D eigenvalue weighted by atomic mass is 32.2. The van der Waals surface area contributed by atoms with Gasteiger partial charge in [-0.15, -0.1) is 0 Å². The van der Waals surface area contributed by atoms with Crippen molar-refractivity contribution in [2.24, 2.45) is 5.92 Å². The van der Waals surface area contributed by atoms with Crippen molar-refractivity contribution >= 4 is 27.9 Å². The van der Waals surface area contributed by atoms with Crippen molar-refractivity contribution < 1.29 is 13.2 Å². The fraction of sp³-hybridized carbons (Fsp3) is 0.611. The molecule has 1 fully saturated rings. The fourth-order valence-corrected chi connectivity index (χ4v) is 4.93. The van der Waals surface area contributed by atoms with E-state index in [1.165, 1.54) is 28.3 Å². The van der Waals surface area contributed by atoms with Gasteiger partial charge < -0.3 is 5.32 Å². The molecule has 1 amide bonds. The van der Waals surface area contributed by atoms with E-state index in [9.17, 15) is 13.2 Å². The third-order valence-electron chi connectivity index (χ3n) is 4.49. The molecule has 1 aliphatic heterocycles. The molecule has 0 aromatic heterocycles. The molecule has 0 atom stereocenters. The first-order valence-electron chi connectivity index (χ1n) is 8.98. The molecule has 1 heterocycles. The van der Waals surface area contributed by atoms with E-state index in [1.807, 2.05) is 30.0 Å². The summed E-state index contributed by atoms with van der Waals surface area (Å²) in [7, 11) is -0.304. The lowest BCUT2D eigenvalue weighted by molar-refractivity contribution is -0.126. The molecule has 0 bridgehead atoms. The van der Waals surface area contributed by atoms with Gasteiger partial charge in [-0.3, -0.25) is 4.79 Å². The molecule has 2 rings (SSSR count). The molecule has 6 nitrogen and oxygen atoms in total. The van der Waals surface area contributed by atoms with Crippen LogP contribution in [0.4, 0.5) is 0 Å². The quantitative estimate of drug-likeness (QED) is 0.645. The van der Waals surface area contributed by atoms with Gasteiger partial charge in [-0.05, 0) is 30.6 Å². The maximum Gasteiger partial charge on any atom is 0.281 e. The van der Waals surface area contributed by atoms with E-state index in [0.717, 1.165) is 17.9 Å². The third kappa shape index (κ3) is 6.26. The van der Waals surface area contributed by atoms with Crippen LogP contribution in [0.2, 0.25) is 0 Å². The van der Waals surface area contributed by atoms with Gasteiger partial charge in [0.1, 0.15) is 0 Å². The number of rotatable bonds is 9. The zero-order chi connectivity index (χ0) is 19.0. The molecule has 1 aromatic rings. The summed E-state index contributed by atoms with van der Waals surface area (Å²) in [5.41, 5.74) is 1.32. The van der Waals surface area contributed by atoms with Crippen LogP contribution in [0.25, 0.3) is 0 Å². The molecule has 1 aromatic carbocycles. The van der Waals surface area contributed by atoms with Crippen LogP contribution < -0.4 is 5.32 Å². The number of nitrogens with zero attached hydrogens (tertiary/aromatic N) is 2. The predicted molar refractivity (Wildman–Crippen MR) is 107 cm³/mol. The van der Waals surface area contributed by atoms with Gasteiger partial charge in [-0.2, -0.15) is 28.8 Å². The summed E-state index contributed by atoms with van der Waals surface area (Å²) in [6.07, 6.45) is 2.11. The zero-order valence-electron chi connectivity index (χ0n) is 15.6. The smallest absolute Gasteiger partial charge is 0.281 e. The lowest BCUT2D eigenvalue weighted by atomic mass is 9.97. The zero-order valence-corrected chi connectivity index (χ0v) is 17.2. The van der Waals surface area contributed by atoms with Crippen molar-refractivity contribution in [2.75, 3.05) is 39.5 Å². The second-order valence-electron chi connectivity index (χ2n) is 6.65. The Morgan fingerprint density at radius 2 is 1.88 bits per heavy atom. The van der Waals surface area contributed by atoms with Gasteiger partial charge in [0.25, 0.3) is 10.2 Å². The first-order chi connectivity index (χ1) is 12.4. The summed E-state index contributed by atoms with van der Waals surface area (Å²) in [6.45, 7) is 1.49. The normalized spacial score (nSPS) is 16.7. The monoisotopic (exact) mass is 399 g/mol. The summed E-state index contributed by atoms with van der Waals surface area (Å²) in [6, 6.07) is 10.4. The van der Waals surface area contributed by atoms with Crippen molar-refractivity contribution in [2.45, 2.75) is 25.0 Å². The van der Waals surface area contributed by atoms with E-state index in [1.54, 1.807) is 0 Å². The summed E-state index contributed by atoms with van der Waals surface area (Å²) >= 11 is 1.87. The van der Waals surface area contributed by atoms with Crippen LogP contribution in [0, 0.1) is 5.92 Å². The molecule has 146 valence electrons. The number of amides is 1. The van der Waals surface area contributed by atoms with Crippen LogP contribution in [0.3, 0.4) is 0 Å². The van der Waals surface area contributed by atoms with E-state index in [0.29, 0.717) is 32.5 Å². The number of carbonyl (C=O) groups excluding carboxylic acids is 1. The predicted octanol–water partition coefficient (Wildman–Crippen LogP) is 1.94. The van der Waals surface area contributed by atoms with Crippen LogP contribution in [0.5, 0.6) is 0 Å². The van der Waals surface area contributed by atoms with Crippen LogP contribution in [0.1, 0.15) is 24.8 Å². The highest BCUT2D eigenvalue weighted by Crippen LogP contribution is 2.20. The van der Waals surface area contributed by atoms with Crippen LogP contribution >= 0.6 is 11.8 Å². The number of benzene rings is 1. The Hall–Kier alpha value is -1.09. The molecule has 0 aliphatic carbocycles. The minimum absolute atomic E-state index is 0.0555. The Labute approximate surface area is 161 Å². The van der Waals surface area contributed by atoms with Crippen molar-refractivity contribution in [3.8, 4) is 0 Å². The second-order valence-corrected chi connectivity index (χ2v) is 9.89. The van der Waals surface area contributed by atoms with Gasteiger partial charge in [0.2, 0.25) is 5.91 Å². The maximum atomic E-state index is 12.2. The van der Waals surface area contributed by atoms with Gasteiger partial charge in [-0.1, -0.05) is 30.3 Å². The van der Waals surface area contributed by atoms with Gasteiger partial charge in [0.15, 0.2) is 0 Å². The summed E-state index contributed by atoms with van der Waals surface area (Å²) < 4.78 is 26.8. The molecule has 1 saturated heterocycles. The molecule has 1 N–H and O–H groups in total. The van der Waals surface area contributed by atoms with Crippen molar-refractivity contribution in [3.05, 3.63) is 35.9 Å². The maximum absolute atomic E-state index is 12.2. The number of thioether (sulfide) groups is 1. The van der Waals surface area contributed by atoms with Gasteiger partial charge in [-0.25, -0.2) is 0 Å². The molecule has 26 heavy (non-hydrogen) atoms. The van der Waals surface area contributed by atoms with E-state index < -0.39 is 10.2 Å². The van der Waals surface area contributed by atoms with Crippen molar-refractivity contribution in [1.29, 1.82) is 0 Å². The molecule has 0 saturated carbocycles. The first kappa shape index (κ1) is 21.2. The lowest BCUT2D eigenvalue weighted by Crippen LogP contribution is -2.46. The average Bonchev–Trinajstić information content (AvgIpc) is 2.65. The van der Waals surface area contributed by atoms with Crippen LogP contribution in [-0.4, -0.2) is 62.4 Å². The van der Waals surface area contributed by atoms with Gasteiger partial charge >= 0.3 is 0 Å². The summed E-state index contributed by atoms with van der Waals surface area (Å²) in [5.74, 6) is 1.98. The Kier molecular flexibility index (Phi) is 8.40. The molecule has 0 radical (unpaired) electrons. The Balaban J connectivity index is 1.59. The first-order valence-corrected chi connectivity index (χ1v) is 11.5. The Bertz CT molecular complexity index is 658. The number of hydrogen-bond acceptors (Lipinski definition) is 4. The third-order valence-corrected chi connectivity index (χ3v) is 7.54. The average molecular weight is 400 g/mol. The number of piperidine rings is 1. The molecular weight excluding hydrogens is 370 g/mol. The minimum atomic E-state index is -3.37. The highest BCUT2D eigenvalue weighted by Gasteiger charge is 2.31. The standard InChI is InChI=1S/C18H29N3O3S2/c1-20(2)26(23,24)21-12-9-17(10-13-21)18(22)19-11-6-14-25-15-16-7-4-3-5-8-16/h3-5,7-8,17H,6,9-15H2,1-2H3,(H,19,22). The van der Waals surface area contributed by atoms with E-state index in [-0.39, 0.29) is 11.8 Å². The molecule has 0 spiro atoms. The lowest BCUT2D eigenvalue weighted by Gasteiger charge is -2.32. The molecular formula is C18H29N3O3S2. The van der Waals surface area contributed by atoms with E-state index in [2.05, 4.69) is 17.4 Å². The highest BCUT2D eigenvalue weighted by molar-refractivity contribution is 7.98. The van der Waals surface area contributed by atoms with Crippen molar-refractivity contribution in [3.63, 3.8) is 0 Å². The Morgan fingerprint density at radius 3 is 2.50 bits per heavy atom. The summed E-state index contributed by atoms with van der Waals surface area (Å²) in [4.78, 5) is 12.2. The fourth-order valence-electron chi connectivity index (χ4n) is 2.87. The molecule has 1 aliphatic rings. The minimum Gasteiger partial charge on any atom is -0.356 e. The number of carbonyl (C=O) groups is 1. The van der Waals surface area contributed by atoms with E-state index in [4.69, 9.17) is 0 Å². The largest absolute Gasteiger partial charge is 0.356 e. The van der Waals surface area contributed by atoms with E-state index >= 15 is 0 Å². The number of nitrogens with one attached hydrogen (secondary N) is 1. The van der Waals surface area contributed by atoms with Gasteiger partial charge in [0.05, 0.1) is 0 Å². The SMILES string of the molecule is CN(C)S(=O)(=O)N1CCC(C(=O)NCCCSCc2ccccc2)CC1. The second kappa shape index (κ2) is 10.3. The van der Waals surface area contributed by atoms with Crippen molar-refractivity contribution in [1.82, 2.24) is 13.9 Å². The van der Waals surface area contributed by atoms with Gasteiger partial charge in [0, 0.05) is 45.4 Å².